The summed E-state index contributed by atoms with van der Waals surface area (Å²) in [6, 6.07) is 6.28. The van der Waals surface area contributed by atoms with Crippen LogP contribution in [0.1, 0.15) is 6.42 Å². The molecule has 1 aromatic carbocycles. The van der Waals surface area contributed by atoms with Crippen molar-refractivity contribution in [1.82, 2.24) is 4.90 Å². The van der Waals surface area contributed by atoms with Gasteiger partial charge in [0, 0.05) is 24.0 Å². The number of hydrogen-bond acceptors (Lipinski definition) is 15. The molecule has 55 heavy (non-hydrogen) atoms. The third-order valence-electron chi connectivity index (χ3n) is 7.21. The summed E-state index contributed by atoms with van der Waals surface area (Å²) in [7, 11) is 0. The van der Waals surface area contributed by atoms with Crippen molar-refractivity contribution in [1.29, 1.82) is 0 Å². The first-order valence-electron chi connectivity index (χ1n) is 18.8. The largest absolute Gasteiger partial charge is 0.508 e. The van der Waals surface area contributed by atoms with Gasteiger partial charge in [-0.15, -0.1) is 0 Å². The molecule has 0 unspecified atom stereocenters. The smallest absolute Gasteiger partial charge is 0.251 e. The van der Waals surface area contributed by atoms with Crippen LogP contribution in [0.4, 0.5) is 5.69 Å². The molecule has 0 atom stereocenters. The number of nitrogens with zero attached hydrogens (tertiary/aromatic N) is 1. The lowest BCUT2D eigenvalue weighted by atomic mass is 10.3. The second-order valence-electron chi connectivity index (χ2n) is 11.5. The minimum Gasteiger partial charge on any atom is -0.508 e. The number of aromatic hydroxyl groups is 1. The van der Waals surface area contributed by atoms with Crippen LogP contribution < -0.4 is 5.32 Å². The van der Waals surface area contributed by atoms with Gasteiger partial charge in [0.1, 0.15) is 5.75 Å². The van der Waals surface area contributed by atoms with Gasteiger partial charge in [-0.25, -0.2) is 0 Å². The van der Waals surface area contributed by atoms with Crippen LogP contribution >= 0.6 is 0 Å². The zero-order valence-electron chi connectivity index (χ0n) is 32.2. The molecule has 17 heteroatoms. The van der Waals surface area contributed by atoms with Crippen molar-refractivity contribution in [2.24, 2.45) is 0 Å². The number of carbonyl (C=O) groups excluding carboxylic acids is 2. The molecule has 0 bridgehead atoms. The number of amides is 2. The number of benzene rings is 1. The van der Waals surface area contributed by atoms with E-state index in [0.29, 0.717) is 176 Å². The Labute approximate surface area is 325 Å². The van der Waals surface area contributed by atoms with Crippen LogP contribution in [0.3, 0.4) is 0 Å². The van der Waals surface area contributed by atoms with Gasteiger partial charge in [-0.05, 0) is 30.3 Å². The van der Waals surface area contributed by atoms with Gasteiger partial charge in [-0.2, -0.15) is 0 Å². The Morgan fingerprint density at radius 1 is 0.491 bits per heavy atom. The summed E-state index contributed by atoms with van der Waals surface area (Å²) >= 11 is 0. The Balaban J connectivity index is 1.14. The zero-order valence-corrected chi connectivity index (χ0v) is 32.2. The average Bonchev–Trinajstić information content (AvgIpc) is 3.50. The van der Waals surface area contributed by atoms with E-state index >= 15 is 0 Å². The van der Waals surface area contributed by atoms with Crippen molar-refractivity contribution >= 4 is 17.5 Å². The molecular formula is C38H62N2O15. The summed E-state index contributed by atoms with van der Waals surface area (Å²) in [5.74, 6) is -0.0748. The molecule has 1 heterocycles. The Kier molecular flexibility index (Phi) is 30.9. The molecule has 0 aromatic heterocycles. The maximum Gasteiger partial charge on any atom is 0.251 e. The summed E-state index contributed by atoms with van der Waals surface area (Å²) in [6.07, 6.45) is 3.43. The van der Waals surface area contributed by atoms with Gasteiger partial charge in [0.2, 0.25) is 5.91 Å². The molecule has 1 aliphatic rings. The molecule has 0 aliphatic carbocycles. The van der Waals surface area contributed by atoms with E-state index in [0.717, 1.165) is 0 Å². The van der Waals surface area contributed by atoms with E-state index in [1.54, 1.807) is 23.1 Å². The van der Waals surface area contributed by atoms with Gasteiger partial charge < -0.3 is 72.2 Å². The van der Waals surface area contributed by atoms with E-state index in [2.05, 4.69) is 11.9 Å². The van der Waals surface area contributed by atoms with Crippen LogP contribution in [0.15, 0.2) is 48.7 Å². The number of phenolic OH excluding ortho intramolecular Hbond substituents is 1. The molecule has 2 amide bonds. The van der Waals surface area contributed by atoms with Crippen LogP contribution in [0, 0.1) is 0 Å². The van der Waals surface area contributed by atoms with Crippen molar-refractivity contribution in [3.8, 4) is 5.75 Å². The molecule has 0 spiro atoms. The topological polar surface area (TPSA) is 180 Å². The minimum absolute atomic E-state index is 0.0621. The highest BCUT2D eigenvalue weighted by Gasteiger charge is 2.17. The van der Waals surface area contributed by atoms with Gasteiger partial charge in [0.25, 0.3) is 5.91 Å². The molecule has 2 rings (SSSR count). The van der Waals surface area contributed by atoms with Crippen LogP contribution in [-0.2, 0) is 66.4 Å². The van der Waals surface area contributed by atoms with Crippen LogP contribution in [0.25, 0.3) is 0 Å². The van der Waals surface area contributed by atoms with Gasteiger partial charge in [-0.1, -0.05) is 6.58 Å². The number of phenols is 1. The predicted molar refractivity (Wildman–Crippen MR) is 201 cm³/mol. The Morgan fingerprint density at radius 3 is 1.11 bits per heavy atom. The molecule has 1 aliphatic heterocycles. The molecular weight excluding hydrogens is 724 g/mol. The number of anilines is 1. The number of hydrogen-bond donors (Lipinski definition) is 2. The van der Waals surface area contributed by atoms with E-state index in [9.17, 15) is 14.7 Å². The quantitative estimate of drug-likeness (QED) is 0.0727. The van der Waals surface area contributed by atoms with Gasteiger partial charge in [0.05, 0.1) is 165 Å². The minimum atomic E-state index is -0.159. The van der Waals surface area contributed by atoms with E-state index < -0.39 is 0 Å². The summed E-state index contributed by atoms with van der Waals surface area (Å²) < 4.78 is 65.6. The maximum atomic E-state index is 11.9. The molecule has 17 nitrogen and oxygen atoms in total. The number of rotatable bonds is 40. The number of ether oxygens (including phenoxy) is 12. The second kappa shape index (κ2) is 35.4. The number of carbonyl (C=O) groups is 2. The fourth-order valence-electron chi connectivity index (χ4n) is 4.35. The van der Waals surface area contributed by atoms with Crippen molar-refractivity contribution in [3.63, 3.8) is 0 Å². The van der Waals surface area contributed by atoms with Crippen LogP contribution in [0.2, 0.25) is 0 Å². The first-order chi connectivity index (χ1) is 27.1. The van der Waals surface area contributed by atoms with Gasteiger partial charge in [-0.3, -0.25) is 9.59 Å². The highest BCUT2D eigenvalue weighted by molar-refractivity contribution is 5.93. The number of allylic oxidation sites excluding steroid dienone is 1. The monoisotopic (exact) mass is 786 g/mol. The fourth-order valence-corrected chi connectivity index (χ4v) is 4.35. The normalized spacial score (nSPS) is 12.7. The van der Waals surface area contributed by atoms with Crippen molar-refractivity contribution < 1.29 is 71.5 Å². The third kappa shape index (κ3) is 28.9. The molecule has 0 saturated heterocycles. The Morgan fingerprint density at radius 2 is 0.800 bits per heavy atom. The Bertz CT molecular complexity index is 1110. The summed E-state index contributed by atoms with van der Waals surface area (Å²) in [5, 5.41) is 12.0. The molecule has 0 radical (unpaired) electrons. The molecule has 0 saturated carbocycles. The van der Waals surface area contributed by atoms with E-state index in [1.165, 1.54) is 18.2 Å². The Hall–Kier alpha value is -3.04. The van der Waals surface area contributed by atoms with E-state index in [1.807, 2.05) is 0 Å². The van der Waals surface area contributed by atoms with Crippen molar-refractivity contribution in [3.05, 3.63) is 48.7 Å². The first kappa shape index (κ1) is 48.1. The average molecular weight is 787 g/mol. The van der Waals surface area contributed by atoms with Crippen molar-refractivity contribution in [2.45, 2.75) is 6.42 Å². The van der Waals surface area contributed by atoms with Crippen molar-refractivity contribution in [2.75, 3.05) is 170 Å². The maximum absolute atomic E-state index is 11.9. The van der Waals surface area contributed by atoms with Crippen LogP contribution in [0.5, 0.6) is 5.75 Å². The summed E-state index contributed by atoms with van der Waals surface area (Å²) in [5.41, 5.74) is 1.31. The van der Waals surface area contributed by atoms with E-state index in [4.69, 9.17) is 56.8 Å². The summed E-state index contributed by atoms with van der Waals surface area (Å²) in [4.78, 5) is 25.0. The van der Waals surface area contributed by atoms with Gasteiger partial charge in [0.15, 0.2) is 0 Å². The standard InChI is InChI=1S/C38H62N2O15/c1-34-2-7-38(43)40(34)9-11-45-13-15-47-17-19-49-21-23-51-25-27-53-29-31-55-33-32-54-30-28-52-26-24-50-22-20-48-18-16-46-14-12-44-10-8-37(42)39-35-3-5-36(41)6-4-35/h2-7,41H,1,8-33H2,(H,39,42). The number of nitrogens with one attached hydrogen (secondary N) is 1. The molecule has 2 N–H and O–H groups in total. The lowest BCUT2D eigenvalue weighted by Crippen LogP contribution is -2.28. The molecule has 0 fully saturated rings. The lowest BCUT2D eigenvalue weighted by molar-refractivity contribution is -0.124. The predicted octanol–water partition coefficient (Wildman–Crippen LogP) is 1.83. The third-order valence-corrected chi connectivity index (χ3v) is 7.21. The summed E-state index contributed by atoms with van der Waals surface area (Å²) in [6.45, 7) is 15.3. The molecule has 1 aromatic rings. The molecule has 314 valence electrons. The van der Waals surface area contributed by atoms with Crippen LogP contribution in [-0.4, -0.2) is 187 Å². The first-order valence-corrected chi connectivity index (χ1v) is 18.8. The lowest BCUT2D eigenvalue weighted by Gasteiger charge is -2.16. The SMILES string of the molecule is C=C1C=CC(=O)N1CCOCCOCCOCCOCCOCCOCCOCCOCCOCCOCCOCCOCCC(=O)Nc1ccc(O)cc1. The van der Waals surface area contributed by atoms with E-state index in [-0.39, 0.29) is 24.0 Å². The highest BCUT2D eigenvalue weighted by Crippen LogP contribution is 2.14. The highest BCUT2D eigenvalue weighted by atomic mass is 16.6. The fraction of sp³-hybridized carbons (Fsp3) is 0.684. The zero-order chi connectivity index (χ0) is 39.3. The van der Waals surface area contributed by atoms with Gasteiger partial charge >= 0.3 is 0 Å². The second-order valence-corrected chi connectivity index (χ2v) is 11.5.